The highest BCUT2D eigenvalue weighted by molar-refractivity contribution is 7.80. The van der Waals surface area contributed by atoms with Gasteiger partial charge in [-0.1, -0.05) is 121 Å². The molecule has 0 amide bonds. The quantitative estimate of drug-likeness (QED) is 0.183. The number of rotatable bonds is 7. The van der Waals surface area contributed by atoms with E-state index in [1.807, 2.05) is 0 Å². The van der Waals surface area contributed by atoms with E-state index in [0.29, 0.717) is 0 Å². The van der Waals surface area contributed by atoms with Gasteiger partial charge in [0.1, 0.15) is 0 Å². The van der Waals surface area contributed by atoms with Crippen LogP contribution in [-0.4, -0.2) is 0 Å². The second-order valence-corrected chi connectivity index (χ2v) is 11.4. The summed E-state index contributed by atoms with van der Waals surface area (Å²) in [6, 6.07) is 64.7. The van der Waals surface area contributed by atoms with E-state index in [1.165, 1.54) is 44.5 Å². The molecule has 0 heterocycles. The maximum absolute atomic E-state index is 4.61. The van der Waals surface area contributed by atoms with Crippen LogP contribution in [0.2, 0.25) is 0 Å². The Hall–Kier alpha value is -5.31. The van der Waals surface area contributed by atoms with Crippen molar-refractivity contribution in [1.82, 2.24) is 0 Å². The fraction of sp³-hybridized carbons (Fsp3) is 0. The number of hydrogen-bond acceptors (Lipinski definition) is 2. The summed E-state index contributed by atoms with van der Waals surface area (Å²) >= 11 is 4.61. The van der Waals surface area contributed by atoms with Crippen molar-refractivity contribution < 1.29 is 0 Å². The molecule has 0 fully saturated rings. The molecule has 0 aliphatic rings. The number of benzene rings is 7. The van der Waals surface area contributed by atoms with E-state index < -0.39 is 0 Å². The van der Waals surface area contributed by atoms with Gasteiger partial charge in [-0.2, -0.15) is 0 Å². The Balaban J connectivity index is 1.50. The Morgan fingerprint density at radius 3 is 0.864 bits per heavy atom. The lowest BCUT2D eigenvalue weighted by Gasteiger charge is -2.28. The van der Waals surface area contributed by atoms with Crippen molar-refractivity contribution in [1.29, 1.82) is 0 Å². The SMILES string of the molecule is Sc1ccc(N(c2cc(-c3ccccc3)cc(-c3ccccc3)c2)c2cc(-c3ccccc3)cc(-c3ccccc3)c2)cc1. The fourth-order valence-corrected chi connectivity index (χ4v) is 5.87. The molecular formula is C42H31NS. The highest BCUT2D eigenvalue weighted by Gasteiger charge is 2.18. The van der Waals surface area contributed by atoms with Gasteiger partial charge in [0.05, 0.1) is 0 Å². The Morgan fingerprint density at radius 1 is 0.273 bits per heavy atom. The summed E-state index contributed by atoms with van der Waals surface area (Å²) in [4.78, 5) is 3.30. The third kappa shape index (κ3) is 5.94. The van der Waals surface area contributed by atoms with E-state index in [9.17, 15) is 0 Å². The van der Waals surface area contributed by atoms with Crippen molar-refractivity contribution in [2.24, 2.45) is 0 Å². The molecule has 0 atom stereocenters. The number of thiol groups is 1. The second-order valence-electron chi connectivity index (χ2n) is 10.9. The predicted molar refractivity (Wildman–Crippen MR) is 190 cm³/mol. The number of anilines is 3. The summed E-state index contributed by atoms with van der Waals surface area (Å²) in [5.41, 5.74) is 12.6. The van der Waals surface area contributed by atoms with Crippen molar-refractivity contribution in [2.75, 3.05) is 4.90 Å². The molecule has 0 bridgehead atoms. The van der Waals surface area contributed by atoms with Crippen LogP contribution in [0, 0.1) is 0 Å². The molecule has 0 spiro atoms. The van der Waals surface area contributed by atoms with Gasteiger partial charge in [-0.15, -0.1) is 12.6 Å². The summed E-state index contributed by atoms with van der Waals surface area (Å²) < 4.78 is 0. The average Bonchev–Trinajstić information content (AvgIpc) is 3.10. The van der Waals surface area contributed by atoms with Gasteiger partial charge in [0.15, 0.2) is 0 Å². The molecule has 0 aliphatic carbocycles. The van der Waals surface area contributed by atoms with Crippen LogP contribution in [0.1, 0.15) is 0 Å². The molecule has 0 radical (unpaired) electrons. The molecule has 7 rings (SSSR count). The van der Waals surface area contributed by atoms with Gasteiger partial charge < -0.3 is 4.90 Å². The Bertz CT molecular complexity index is 1740. The molecule has 7 aromatic carbocycles. The van der Waals surface area contributed by atoms with Crippen LogP contribution < -0.4 is 4.90 Å². The van der Waals surface area contributed by atoms with Gasteiger partial charge in [0.25, 0.3) is 0 Å². The zero-order valence-corrected chi connectivity index (χ0v) is 25.1. The second kappa shape index (κ2) is 12.5. The van der Waals surface area contributed by atoms with E-state index in [4.69, 9.17) is 0 Å². The molecular weight excluding hydrogens is 551 g/mol. The van der Waals surface area contributed by atoms with Crippen LogP contribution >= 0.6 is 12.6 Å². The molecule has 0 N–H and O–H groups in total. The van der Waals surface area contributed by atoms with Gasteiger partial charge in [-0.05, 0) is 105 Å². The minimum absolute atomic E-state index is 0.930. The topological polar surface area (TPSA) is 3.24 Å². The highest BCUT2D eigenvalue weighted by atomic mass is 32.1. The maximum atomic E-state index is 4.61. The van der Waals surface area contributed by atoms with Crippen molar-refractivity contribution in [2.45, 2.75) is 4.90 Å². The van der Waals surface area contributed by atoms with E-state index in [2.05, 4.69) is 200 Å². The Labute approximate surface area is 265 Å². The van der Waals surface area contributed by atoms with Gasteiger partial charge in [0, 0.05) is 22.0 Å². The first-order valence-corrected chi connectivity index (χ1v) is 15.3. The standard InChI is InChI=1S/C42H31NS/c44-42-23-21-39(22-24-42)43(40-27-35(31-13-5-1-6-14-31)25-36(28-40)32-15-7-2-8-16-32)41-29-37(33-17-9-3-10-18-33)26-38(30-41)34-19-11-4-12-20-34/h1-30,44H. The van der Waals surface area contributed by atoms with Crippen LogP contribution in [0.4, 0.5) is 17.1 Å². The normalized spacial score (nSPS) is 10.8. The third-order valence-electron chi connectivity index (χ3n) is 7.89. The molecule has 44 heavy (non-hydrogen) atoms. The van der Waals surface area contributed by atoms with Crippen molar-refractivity contribution in [3.63, 3.8) is 0 Å². The minimum Gasteiger partial charge on any atom is -0.310 e. The van der Waals surface area contributed by atoms with Crippen LogP contribution in [0.3, 0.4) is 0 Å². The van der Waals surface area contributed by atoms with E-state index in [-0.39, 0.29) is 0 Å². The van der Waals surface area contributed by atoms with Crippen LogP contribution in [0.15, 0.2) is 187 Å². The monoisotopic (exact) mass is 581 g/mol. The number of nitrogens with zero attached hydrogens (tertiary/aromatic N) is 1. The Morgan fingerprint density at radius 2 is 0.568 bits per heavy atom. The first kappa shape index (κ1) is 27.5. The van der Waals surface area contributed by atoms with Crippen molar-refractivity contribution in [3.05, 3.63) is 182 Å². The zero-order chi connectivity index (χ0) is 29.7. The van der Waals surface area contributed by atoms with Crippen LogP contribution in [0.5, 0.6) is 0 Å². The van der Waals surface area contributed by atoms with Crippen LogP contribution in [-0.2, 0) is 0 Å². The smallest absolute Gasteiger partial charge is 0.0473 e. The highest BCUT2D eigenvalue weighted by Crippen LogP contribution is 2.42. The van der Waals surface area contributed by atoms with Gasteiger partial charge in [-0.25, -0.2) is 0 Å². The molecule has 0 saturated heterocycles. The fourth-order valence-electron chi connectivity index (χ4n) is 5.72. The third-order valence-corrected chi connectivity index (χ3v) is 8.19. The molecule has 0 unspecified atom stereocenters. The first-order chi connectivity index (χ1) is 21.7. The summed E-state index contributed by atoms with van der Waals surface area (Å²) in [6.07, 6.45) is 0. The number of hydrogen-bond donors (Lipinski definition) is 1. The predicted octanol–water partition coefficient (Wildman–Crippen LogP) is 12.1. The molecule has 7 aromatic rings. The van der Waals surface area contributed by atoms with Crippen molar-refractivity contribution >= 4 is 29.7 Å². The van der Waals surface area contributed by atoms with Gasteiger partial charge in [0.2, 0.25) is 0 Å². The summed E-state index contributed by atoms with van der Waals surface area (Å²) in [5, 5.41) is 0. The molecule has 0 aromatic heterocycles. The molecule has 0 saturated carbocycles. The van der Waals surface area contributed by atoms with E-state index in [1.54, 1.807) is 0 Å². The molecule has 210 valence electrons. The summed E-state index contributed by atoms with van der Waals surface area (Å²) in [5.74, 6) is 0. The molecule has 1 nitrogen and oxygen atoms in total. The zero-order valence-electron chi connectivity index (χ0n) is 24.2. The maximum Gasteiger partial charge on any atom is 0.0473 e. The lowest BCUT2D eigenvalue weighted by molar-refractivity contribution is 1.27. The van der Waals surface area contributed by atoms with E-state index >= 15 is 0 Å². The van der Waals surface area contributed by atoms with E-state index in [0.717, 1.165) is 22.0 Å². The lowest BCUT2D eigenvalue weighted by atomic mass is 9.95. The molecule has 0 aliphatic heterocycles. The molecule has 2 heteroatoms. The van der Waals surface area contributed by atoms with Crippen molar-refractivity contribution in [3.8, 4) is 44.5 Å². The van der Waals surface area contributed by atoms with Gasteiger partial charge in [-0.3, -0.25) is 0 Å². The summed E-state index contributed by atoms with van der Waals surface area (Å²) in [6.45, 7) is 0. The Kier molecular flexibility index (Phi) is 7.82. The lowest BCUT2D eigenvalue weighted by Crippen LogP contribution is -2.11. The first-order valence-electron chi connectivity index (χ1n) is 14.8. The average molecular weight is 582 g/mol. The largest absolute Gasteiger partial charge is 0.310 e. The van der Waals surface area contributed by atoms with Gasteiger partial charge >= 0.3 is 0 Å². The van der Waals surface area contributed by atoms with Crippen LogP contribution in [0.25, 0.3) is 44.5 Å². The summed E-state index contributed by atoms with van der Waals surface area (Å²) in [7, 11) is 0. The minimum atomic E-state index is 0.930.